The lowest BCUT2D eigenvalue weighted by Crippen LogP contribution is -2.57. The van der Waals surface area contributed by atoms with E-state index in [9.17, 15) is 53.5 Å². The molecule has 2 aromatic rings. The normalized spacial score (nSPS) is 12.5. The number of benzene rings is 2. The fraction of sp³-hybridized carbons (Fsp3) is 0.176. The summed E-state index contributed by atoms with van der Waals surface area (Å²) in [5.74, 6) is -26.3. The van der Waals surface area contributed by atoms with Crippen LogP contribution in [0, 0.1) is 17.5 Å². The average Bonchev–Trinajstić information content (AvgIpc) is 2.66. The number of ether oxygens (including phenoxy) is 2. The van der Waals surface area contributed by atoms with Crippen molar-refractivity contribution in [2.75, 3.05) is 0 Å². The molecule has 0 heterocycles. The van der Waals surface area contributed by atoms with Gasteiger partial charge in [-0.25, -0.2) is 22.8 Å². The molecule has 0 saturated carbocycles. The summed E-state index contributed by atoms with van der Waals surface area (Å²) in [7, 11) is 0. The van der Waals surface area contributed by atoms with Crippen molar-refractivity contribution in [2.45, 2.75) is 18.0 Å². The maximum atomic E-state index is 13.6. The second-order valence-corrected chi connectivity index (χ2v) is 5.60. The molecule has 14 heteroatoms. The Morgan fingerprint density at radius 2 is 1.23 bits per heavy atom. The number of para-hydroxylation sites is 2. The summed E-state index contributed by atoms with van der Waals surface area (Å²) in [6.07, 6.45) is -6.81. The Morgan fingerprint density at radius 3 is 1.74 bits per heavy atom. The number of hydrogen-bond donors (Lipinski definition) is 0. The largest absolute Gasteiger partial charge is 0.460 e. The molecule has 0 aromatic heterocycles. The van der Waals surface area contributed by atoms with Gasteiger partial charge < -0.3 is 9.47 Å². The molecule has 0 aliphatic rings. The Bertz CT molecular complexity index is 1020. The summed E-state index contributed by atoms with van der Waals surface area (Å²) >= 11 is 0. The molecule has 2 aromatic carbocycles. The molecule has 0 aliphatic carbocycles. The number of carbonyl (C=O) groups is 2. The standard InChI is InChI=1S/C17H6F10O4/c18-8-6-5-7(11(19)12(8)20)13(28)30-9-3-1-2-4-10(9)31-14(29)15(21,22)16(23,24)17(25,26)27/h1-6H. The average molecular weight is 464 g/mol. The van der Waals surface area contributed by atoms with E-state index in [1.54, 1.807) is 0 Å². The van der Waals surface area contributed by atoms with Gasteiger partial charge in [0.1, 0.15) is 0 Å². The summed E-state index contributed by atoms with van der Waals surface area (Å²) in [4.78, 5) is 23.2. The Kier molecular flexibility index (Phi) is 6.24. The summed E-state index contributed by atoms with van der Waals surface area (Å²) in [6, 6.07) is 3.94. The van der Waals surface area contributed by atoms with Gasteiger partial charge in [-0.2, -0.15) is 30.7 Å². The van der Waals surface area contributed by atoms with Crippen LogP contribution in [0.4, 0.5) is 43.9 Å². The first-order valence-electron chi connectivity index (χ1n) is 7.60. The summed E-state index contributed by atoms with van der Waals surface area (Å²) in [6.45, 7) is 0. The third kappa shape index (κ3) is 4.41. The highest BCUT2D eigenvalue weighted by Gasteiger charge is 2.77. The van der Waals surface area contributed by atoms with Crippen molar-refractivity contribution in [3.05, 3.63) is 59.4 Å². The quantitative estimate of drug-likeness (QED) is 0.269. The fourth-order valence-corrected chi connectivity index (χ4v) is 1.93. The van der Waals surface area contributed by atoms with Crippen molar-refractivity contribution in [3.63, 3.8) is 0 Å². The molecule has 0 unspecified atom stereocenters. The van der Waals surface area contributed by atoms with Gasteiger partial charge in [0.25, 0.3) is 0 Å². The van der Waals surface area contributed by atoms with E-state index in [0.29, 0.717) is 24.3 Å². The minimum atomic E-state index is -6.81. The van der Waals surface area contributed by atoms with Crippen molar-refractivity contribution in [2.24, 2.45) is 0 Å². The lowest BCUT2D eigenvalue weighted by molar-refractivity contribution is -0.346. The Labute approximate surface area is 165 Å². The molecular weight excluding hydrogens is 458 g/mol. The zero-order valence-corrected chi connectivity index (χ0v) is 14.4. The Morgan fingerprint density at radius 1 is 0.710 bits per heavy atom. The van der Waals surface area contributed by atoms with Crippen LogP contribution in [-0.4, -0.2) is 30.0 Å². The van der Waals surface area contributed by atoms with Gasteiger partial charge in [0.15, 0.2) is 29.0 Å². The summed E-state index contributed by atoms with van der Waals surface area (Å²) in [5.41, 5.74) is -1.20. The fourth-order valence-electron chi connectivity index (χ4n) is 1.93. The van der Waals surface area contributed by atoms with Crippen LogP contribution >= 0.6 is 0 Å². The zero-order chi connectivity index (χ0) is 23.8. The van der Waals surface area contributed by atoms with E-state index in [1.807, 2.05) is 0 Å². The number of carbonyl (C=O) groups excluding carboxylic acids is 2. The lowest BCUT2D eigenvalue weighted by Gasteiger charge is -2.26. The molecule has 0 radical (unpaired) electrons. The van der Waals surface area contributed by atoms with E-state index < -0.39 is 64.5 Å². The number of hydrogen-bond acceptors (Lipinski definition) is 4. The highest BCUT2D eigenvalue weighted by atomic mass is 19.4. The summed E-state index contributed by atoms with van der Waals surface area (Å²) in [5, 5.41) is 0. The molecule has 0 saturated heterocycles. The third-order valence-electron chi connectivity index (χ3n) is 3.52. The van der Waals surface area contributed by atoms with Crippen LogP contribution < -0.4 is 9.47 Å². The smallest absolute Gasteiger partial charge is 0.419 e. The van der Waals surface area contributed by atoms with Crippen LogP contribution in [0.1, 0.15) is 10.4 Å². The zero-order valence-electron chi connectivity index (χ0n) is 14.4. The lowest BCUT2D eigenvalue weighted by atomic mass is 10.1. The van der Waals surface area contributed by atoms with Gasteiger partial charge in [-0.3, -0.25) is 0 Å². The second-order valence-electron chi connectivity index (χ2n) is 5.60. The van der Waals surface area contributed by atoms with E-state index in [1.165, 1.54) is 0 Å². The van der Waals surface area contributed by atoms with E-state index in [4.69, 9.17) is 0 Å². The highest BCUT2D eigenvalue weighted by Crippen LogP contribution is 2.47. The van der Waals surface area contributed by atoms with E-state index in [2.05, 4.69) is 9.47 Å². The van der Waals surface area contributed by atoms with Crippen molar-refractivity contribution in [1.82, 2.24) is 0 Å². The van der Waals surface area contributed by atoms with E-state index in [0.717, 1.165) is 12.1 Å². The topological polar surface area (TPSA) is 52.6 Å². The minimum Gasteiger partial charge on any atom is -0.419 e. The maximum Gasteiger partial charge on any atom is 0.460 e. The van der Waals surface area contributed by atoms with Crippen LogP contribution in [0.5, 0.6) is 11.5 Å². The van der Waals surface area contributed by atoms with Gasteiger partial charge in [0.05, 0.1) is 5.56 Å². The van der Waals surface area contributed by atoms with Crippen molar-refractivity contribution in [3.8, 4) is 11.5 Å². The van der Waals surface area contributed by atoms with Crippen molar-refractivity contribution >= 4 is 11.9 Å². The second kappa shape index (κ2) is 8.07. The molecule has 0 N–H and O–H groups in total. The Hall–Kier alpha value is -3.32. The molecule has 2 rings (SSSR count). The predicted molar refractivity (Wildman–Crippen MR) is 79.3 cm³/mol. The molecule has 4 nitrogen and oxygen atoms in total. The predicted octanol–water partition coefficient (Wildman–Crippen LogP) is 5.06. The molecular formula is C17H6F10O4. The third-order valence-corrected chi connectivity index (χ3v) is 3.52. The highest BCUT2D eigenvalue weighted by molar-refractivity contribution is 5.92. The van der Waals surface area contributed by atoms with Crippen LogP contribution in [0.15, 0.2) is 36.4 Å². The molecule has 0 spiro atoms. The number of halogens is 10. The van der Waals surface area contributed by atoms with Gasteiger partial charge in [0.2, 0.25) is 0 Å². The molecule has 31 heavy (non-hydrogen) atoms. The van der Waals surface area contributed by atoms with Gasteiger partial charge in [-0.15, -0.1) is 0 Å². The monoisotopic (exact) mass is 464 g/mol. The van der Waals surface area contributed by atoms with Gasteiger partial charge in [-0.1, -0.05) is 12.1 Å². The van der Waals surface area contributed by atoms with Gasteiger partial charge >= 0.3 is 30.0 Å². The minimum absolute atomic E-state index is 0.334. The van der Waals surface area contributed by atoms with Crippen LogP contribution in [0.25, 0.3) is 0 Å². The first kappa shape index (κ1) is 24.0. The number of esters is 2. The maximum absolute atomic E-state index is 13.6. The molecule has 0 fully saturated rings. The summed E-state index contributed by atoms with van der Waals surface area (Å²) < 4.78 is 137. The number of alkyl halides is 7. The molecule has 0 bridgehead atoms. The van der Waals surface area contributed by atoms with E-state index in [-0.39, 0.29) is 0 Å². The molecule has 0 aliphatic heterocycles. The van der Waals surface area contributed by atoms with Crippen molar-refractivity contribution < 1.29 is 63.0 Å². The van der Waals surface area contributed by atoms with E-state index >= 15 is 0 Å². The van der Waals surface area contributed by atoms with Crippen LogP contribution in [-0.2, 0) is 4.79 Å². The van der Waals surface area contributed by atoms with Crippen LogP contribution in [0.2, 0.25) is 0 Å². The first-order chi connectivity index (χ1) is 14.1. The number of rotatable bonds is 5. The molecule has 0 atom stereocenters. The van der Waals surface area contributed by atoms with Gasteiger partial charge in [0, 0.05) is 0 Å². The van der Waals surface area contributed by atoms with Crippen molar-refractivity contribution in [1.29, 1.82) is 0 Å². The first-order valence-corrected chi connectivity index (χ1v) is 7.60. The van der Waals surface area contributed by atoms with Gasteiger partial charge in [-0.05, 0) is 24.3 Å². The molecule has 168 valence electrons. The van der Waals surface area contributed by atoms with Crippen LogP contribution in [0.3, 0.4) is 0 Å². The SMILES string of the molecule is O=C(Oc1ccccc1OC(=O)C(F)(F)C(F)(F)C(F)(F)F)c1ccc(F)c(F)c1F. The Balaban J connectivity index is 2.32. The molecule has 0 amide bonds.